The van der Waals surface area contributed by atoms with Crippen molar-refractivity contribution in [1.82, 2.24) is 10.2 Å². The van der Waals surface area contributed by atoms with Crippen LogP contribution in [0, 0.1) is 5.92 Å². The molecule has 0 aromatic carbocycles. The lowest BCUT2D eigenvalue weighted by Gasteiger charge is -2.33. The lowest BCUT2D eigenvalue weighted by molar-refractivity contribution is 0.0497. The molecule has 0 radical (unpaired) electrons. The summed E-state index contributed by atoms with van der Waals surface area (Å²) in [7, 11) is 0. The second-order valence-corrected chi connectivity index (χ2v) is 7.07. The number of hydrogen-bond donors (Lipinski definition) is 1. The van der Waals surface area contributed by atoms with Gasteiger partial charge >= 0.3 is 6.09 Å². The Bertz CT molecular complexity index is 291. The molecular formula is C16H32N2O2. The highest BCUT2D eigenvalue weighted by Crippen LogP contribution is 2.22. The summed E-state index contributed by atoms with van der Waals surface area (Å²) in [4.78, 5) is 14.3. The maximum absolute atomic E-state index is 11.7. The average molecular weight is 284 g/mol. The monoisotopic (exact) mass is 284 g/mol. The van der Waals surface area contributed by atoms with Gasteiger partial charge in [0.1, 0.15) is 5.60 Å². The van der Waals surface area contributed by atoms with Crippen molar-refractivity contribution in [1.29, 1.82) is 0 Å². The van der Waals surface area contributed by atoms with Crippen LogP contribution in [0.15, 0.2) is 0 Å². The summed E-state index contributed by atoms with van der Waals surface area (Å²) < 4.78 is 5.29. The smallest absolute Gasteiger partial charge is 0.407 e. The number of rotatable bonds is 5. The molecular weight excluding hydrogens is 252 g/mol. The quantitative estimate of drug-likeness (QED) is 0.841. The van der Waals surface area contributed by atoms with E-state index in [0.717, 1.165) is 12.3 Å². The van der Waals surface area contributed by atoms with Gasteiger partial charge in [0, 0.05) is 6.04 Å². The fourth-order valence-electron chi connectivity index (χ4n) is 2.83. The molecule has 1 unspecified atom stereocenters. The summed E-state index contributed by atoms with van der Waals surface area (Å²) >= 11 is 0. The van der Waals surface area contributed by atoms with Gasteiger partial charge in [0.25, 0.3) is 0 Å². The van der Waals surface area contributed by atoms with Gasteiger partial charge in [0.15, 0.2) is 0 Å². The first kappa shape index (κ1) is 17.3. The molecule has 4 heteroatoms. The number of alkyl carbamates (subject to hydrolysis) is 1. The normalized spacial score (nSPS) is 19.6. The number of likely N-dealkylation sites (tertiary alicyclic amines) is 1. The van der Waals surface area contributed by atoms with Crippen molar-refractivity contribution in [2.45, 2.75) is 71.9 Å². The standard InChI is InChI=1S/C16H32N2O2/c1-6-9-18-10-7-14(8-11-18)12-13(2)17-15(19)20-16(3,4)5/h13-14H,6-12H2,1-5H3,(H,17,19). The van der Waals surface area contributed by atoms with Crippen LogP contribution < -0.4 is 5.32 Å². The van der Waals surface area contributed by atoms with Crippen molar-refractivity contribution in [3.8, 4) is 0 Å². The highest BCUT2D eigenvalue weighted by Gasteiger charge is 2.22. The van der Waals surface area contributed by atoms with Crippen LogP contribution in [0.4, 0.5) is 4.79 Å². The van der Waals surface area contributed by atoms with Gasteiger partial charge < -0.3 is 15.0 Å². The number of carbonyl (C=O) groups excluding carboxylic acids is 1. The van der Waals surface area contributed by atoms with E-state index in [4.69, 9.17) is 4.74 Å². The number of nitrogens with one attached hydrogen (secondary N) is 1. The van der Waals surface area contributed by atoms with E-state index in [1.807, 2.05) is 20.8 Å². The maximum Gasteiger partial charge on any atom is 0.407 e. The van der Waals surface area contributed by atoms with Crippen LogP contribution in [-0.2, 0) is 4.74 Å². The summed E-state index contributed by atoms with van der Waals surface area (Å²) in [6.45, 7) is 13.6. The molecule has 1 rings (SSSR count). The molecule has 4 nitrogen and oxygen atoms in total. The Morgan fingerprint density at radius 2 is 1.95 bits per heavy atom. The molecule has 0 saturated carbocycles. The third-order valence-corrected chi connectivity index (χ3v) is 3.70. The molecule has 118 valence electrons. The van der Waals surface area contributed by atoms with Gasteiger partial charge in [-0.1, -0.05) is 6.92 Å². The van der Waals surface area contributed by atoms with Crippen molar-refractivity contribution >= 4 is 6.09 Å². The van der Waals surface area contributed by atoms with E-state index >= 15 is 0 Å². The van der Waals surface area contributed by atoms with Crippen LogP contribution in [0.3, 0.4) is 0 Å². The summed E-state index contributed by atoms with van der Waals surface area (Å²) in [5, 5.41) is 2.95. The Hall–Kier alpha value is -0.770. The van der Waals surface area contributed by atoms with E-state index in [0.29, 0.717) is 0 Å². The molecule has 1 amide bonds. The first-order valence-electron chi connectivity index (χ1n) is 8.02. The van der Waals surface area contributed by atoms with Crippen LogP contribution in [0.2, 0.25) is 0 Å². The van der Waals surface area contributed by atoms with Crippen molar-refractivity contribution in [2.24, 2.45) is 5.92 Å². The minimum Gasteiger partial charge on any atom is -0.444 e. The fourth-order valence-corrected chi connectivity index (χ4v) is 2.83. The van der Waals surface area contributed by atoms with Crippen molar-refractivity contribution < 1.29 is 9.53 Å². The lowest BCUT2D eigenvalue weighted by Crippen LogP contribution is -2.40. The number of carbonyl (C=O) groups is 1. The summed E-state index contributed by atoms with van der Waals surface area (Å²) in [5.74, 6) is 0.730. The largest absolute Gasteiger partial charge is 0.444 e. The second kappa shape index (κ2) is 7.87. The van der Waals surface area contributed by atoms with Gasteiger partial charge in [0.05, 0.1) is 0 Å². The zero-order valence-corrected chi connectivity index (χ0v) is 13.9. The summed E-state index contributed by atoms with van der Waals surface area (Å²) in [6, 6.07) is 0.188. The predicted molar refractivity (Wildman–Crippen MR) is 82.9 cm³/mol. The molecule has 1 saturated heterocycles. The number of hydrogen-bond acceptors (Lipinski definition) is 3. The second-order valence-electron chi connectivity index (χ2n) is 7.07. The Kier molecular flexibility index (Phi) is 6.80. The first-order valence-corrected chi connectivity index (χ1v) is 8.02. The molecule has 1 atom stereocenters. The van der Waals surface area contributed by atoms with E-state index in [2.05, 4.69) is 24.1 Å². The lowest BCUT2D eigenvalue weighted by atomic mass is 9.90. The van der Waals surface area contributed by atoms with Crippen molar-refractivity contribution in [2.75, 3.05) is 19.6 Å². The zero-order valence-electron chi connectivity index (χ0n) is 13.9. The van der Waals surface area contributed by atoms with E-state index in [1.165, 1.54) is 38.9 Å². The highest BCUT2D eigenvalue weighted by atomic mass is 16.6. The third kappa shape index (κ3) is 7.13. The maximum atomic E-state index is 11.7. The van der Waals surface area contributed by atoms with Crippen LogP contribution in [0.1, 0.15) is 60.3 Å². The topological polar surface area (TPSA) is 41.6 Å². The molecule has 0 bridgehead atoms. The number of nitrogens with zero attached hydrogens (tertiary/aromatic N) is 1. The molecule has 0 aromatic heterocycles. The number of amides is 1. The summed E-state index contributed by atoms with van der Waals surface area (Å²) in [5.41, 5.74) is -0.421. The Labute approximate surface area is 124 Å². The van der Waals surface area contributed by atoms with Crippen LogP contribution in [0.5, 0.6) is 0 Å². The number of piperidine rings is 1. The van der Waals surface area contributed by atoms with Crippen LogP contribution >= 0.6 is 0 Å². The summed E-state index contributed by atoms with van der Waals surface area (Å²) in [6.07, 6.45) is 4.50. The van der Waals surface area contributed by atoms with Gasteiger partial charge in [-0.2, -0.15) is 0 Å². The van der Waals surface area contributed by atoms with Crippen molar-refractivity contribution in [3.63, 3.8) is 0 Å². The van der Waals surface area contributed by atoms with Crippen LogP contribution in [0.25, 0.3) is 0 Å². The molecule has 0 aromatic rings. The first-order chi connectivity index (χ1) is 9.30. The molecule has 0 aliphatic carbocycles. The van der Waals surface area contributed by atoms with Gasteiger partial charge in [-0.25, -0.2) is 4.79 Å². The van der Waals surface area contributed by atoms with Gasteiger partial charge in [-0.3, -0.25) is 0 Å². The van der Waals surface area contributed by atoms with Crippen LogP contribution in [-0.4, -0.2) is 42.3 Å². The predicted octanol–water partition coefficient (Wildman–Crippen LogP) is 3.41. The molecule has 1 fully saturated rings. The van der Waals surface area contributed by atoms with Gasteiger partial charge in [-0.05, 0) is 78.9 Å². The number of ether oxygens (including phenoxy) is 1. The Morgan fingerprint density at radius 1 is 1.35 bits per heavy atom. The molecule has 20 heavy (non-hydrogen) atoms. The third-order valence-electron chi connectivity index (χ3n) is 3.70. The van der Waals surface area contributed by atoms with Gasteiger partial charge in [-0.15, -0.1) is 0 Å². The van der Waals surface area contributed by atoms with E-state index in [-0.39, 0.29) is 12.1 Å². The zero-order chi connectivity index (χ0) is 15.2. The van der Waals surface area contributed by atoms with E-state index in [9.17, 15) is 4.79 Å². The minimum absolute atomic E-state index is 0.188. The minimum atomic E-state index is -0.421. The Morgan fingerprint density at radius 3 is 2.45 bits per heavy atom. The molecule has 1 aliphatic heterocycles. The Balaban J connectivity index is 2.23. The molecule has 1 aliphatic rings. The molecule has 1 heterocycles. The van der Waals surface area contributed by atoms with E-state index in [1.54, 1.807) is 0 Å². The fraction of sp³-hybridized carbons (Fsp3) is 0.938. The SMILES string of the molecule is CCCN1CCC(CC(C)NC(=O)OC(C)(C)C)CC1. The average Bonchev–Trinajstić information content (AvgIpc) is 2.29. The molecule has 1 N–H and O–H groups in total. The van der Waals surface area contributed by atoms with Gasteiger partial charge in [0.2, 0.25) is 0 Å². The highest BCUT2D eigenvalue weighted by molar-refractivity contribution is 5.67. The van der Waals surface area contributed by atoms with Crippen molar-refractivity contribution in [3.05, 3.63) is 0 Å². The molecule has 0 spiro atoms. The van der Waals surface area contributed by atoms with E-state index < -0.39 is 5.60 Å².